The molecule has 0 aromatic rings. The molecule has 0 aliphatic rings. The van der Waals surface area contributed by atoms with Gasteiger partial charge in [0.25, 0.3) is 0 Å². The number of carbonyl (C=O) groups excluding carboxylic acids is 1. The molecule has 1 N–H and O–H groups in total. The van der Waals surface area contributed by atoms with Crippen molar-refractivity contribution in [1.29, 1.82) is 5.26 Å². The van der Waals surface area contributed by atoms with Gasteiger partial charge in [-0.2, -0.15) is 5.26 Å². The van der Waals surface area contributed by atoms with Gasteiger partial charge < -0.3 is 5.32 Å². The van der Waals surface area contributed by atoms with Gasteiger partial charge in [0, 0.05) is 18.9 Å². The average molecular weight is 182 g/mol. The molecule has 0 saturated carbocycles. The number of hydrogen-bond acceptors (Lipinski definition) is 2. The number of amides is 1. The fraction of sp³-hybridized carbons (Fsp3) is 0.800. The van der Waals surface area contributed by atoms with Gasteiger partial charge in [-0.15, -0.1) is 0 Å². The first-order valence-corrected chi connectivity index (χ1v) is 4.90. The van der Waals surface area contributed by atoms with Crippen LogP contribution in [0.2, 0.25) is 0 Å². The zero-order valence-electron chi connectivity index (χ0n) is 8.47. The maximum Gasteiger partial charge on any atom is 0.220 e. The molecule has 0 spiro atoms. The van der Waals surface area contributed by atoms with Crippen LogP contribution in [0.25, 0.3) is 0 Å². The molecule has 0 heterocycles. The van der Waals surface area contributed by atoms with Gasteiger partial charge in [0.15, 0.2) is 0 Å². The van der Waals surface area contributed by atoms with Crippen LogP contribution in [0.5, 0.6) is 0 Å². The van der Waals surface area contributed by atoms with E-state index in [0.717, 1.165) is 12.8 Å². The highest BCUT2D eigenvalue weighted by molar-refractivity contribution is 5.75. The quantitative estimate of drug-likeness (QED) is 0.681. The van der Waals surface area contributed by atoms with Crippen LogP contribution >= 0.6 is 0 Å². The van der Waals surface area contributed by atoms with Crippen molar-refractivity contribution >= 4 is 5.91 Å². The first-order valence-electron chi connectivity index (χ1n) is 4.90. The molecule has 1 amide bonds. The van der Waals surface area contributed by atoms with Crippen molar-refractivity contribution in [3.8, 4) is 6.07 Å². The molecule has 1 unspecified atom stereocenters. The van der Waals surface area contributed by atoms with E-state index in [1.54, 1.807) is 0 Å². The molecule has 3 nitrogen and oxygen atoms in total. The summed E-state index contributed by atoms with van der Waals surface area (Å²) in [5.74, 6) is 0.103. The third kappa shape index (κ3) is 6.15. The van der Waals surface area contributed by atoms with Crippen LogP contribution in [0, 0.1) is 17.2 Å². The van der Waals surface area contributed by atoms with Crippen LogP contribution in [-0.2, 0) is 4.79 Å². The van der Waals surface area contributed by atoms with Crippen molar-refractivity contribution in [1.82, 2.24) is 5.32 Å². The molecule has 0 rings (SSSR count). The third-order valence-electron chi connectivity index (χ3n) is 1.91. The van der Waals surface area contributed by atoms with E-state index in [1.807, 2.05) is 6.92 Å². The number of nitrogens with one attached hydrogen (secondary N) is 1. The van der Waals surface area contributed by atoms with Gasteiger partial charge in [-0.3, -0.25) is 4.79 Å². The predicted molar refractivity (Wildman–Crippen MR) is 51.9 cm³/mol. The lowest BCUT2D eigenvalue weighted by molar-refractivity contribution is -0.121. The minimum atomic E-state index is 0.0487. The lowest BCUT2D eigenvalue weighted by Gasteiger charge is -2.06. The van der Waals surface area contributed by atoms with Crippen LogP contribution in [0.3, 0.4) is 0 Å². The molecule has 0 aliphatic carbocycles. The molecule has 0 bridgehead atoms. The summed E-state index contributed by atoms with van der Waals surface area (Å²) in [7, 11) is 0. The third-order valence-corrected chi connectivity index (χ3v) is 1.91. The van der Waals surface area contributed by atoms with E-state index in [1.165, 1.54) is 0 Å². The van der Waals surface area contributed by atoms with E-state index >= 15 is 0 Å². The van der Waals surface area contributed by atoms with Crippen molar-refractivity contribution in [2.45, 2.75) is 39.5 Å². The standard InChI is InChI=1S/C10H18N2O/c1-3-5-9(8-11)6-7-10(13)12-4-2/h9H,3-7H2,1-2H3,(H,12,13). The smallest absolute Gasteiger partial charge is 0.220 e. The monoisotopic (exact) mass is 182 g/mol. The van der Waals surface area contributed by atoms with Gasteiger partial charge >= 0.3 is 0 Å². The van der Waals surface area contributed by atoms with Crippen LogP contribution in [0.15, 0.2) is 0 Å². The molecular formula is C10H18N2O. The number of hydrogen-bond donors (Lipinski definition) is 1. The zero-order valence-corrected chi connectivity index (χ0v) is 8.47. The normalized spacial score (nSPS) is 11.8. The number of nitrogens with zero attached hydrogens (tertiary/aromatic N) is 1. The maximum atomic E-state index is 11.0. The molecule has 0 aliphatic heterocycles. The molecule has 0 saturated heterocycles. The van der Waals surface area contributed by atoms with Gasteiger partial charge in [-0.25, -0.2) is 0 Å². The van der Waals surface area contributed by atoms with Crippen molar-refractivity contribution in [2.24, 2.45) is 5.92 Å². The molecule has 0 radical (unpaired) electrons. The highest BCUT2D eigenvalue weighted by Gasteiger charge is 2.08. The molecule has 0 fully saturated rings. The fourth-order valence-corrected chi connectivity index (χ4v) is 1.21. The Hall–Kier alpha value is -1.04. The van der Waals surface area contributed by atoms with E-state index in [4.69, 9.17) is 5.26 Å². The second-order valence-electron chi connectivity index (χ2n) is 3.11. The Morgan fingerprint density at radius 2 is 2.15 bits per heavy atom. The van der Waals surface area contributed by atoms with Gasteiger partial charge in [-0.1, -0.05) is 13.3 Å². The molecule has 3 heteroatoms. The summed E-state index contributed by atoms with van der Waals surface area (Å²) in [5.41, 5.74) is 0. The second-order valence-corrected chi connectivity index (χ2v) is 3.11. The van der Waals surface area contributed by atoms with Crippen LogP contribution in [0.4, 0.5) is 0 Å². The SMILES string of the molecule is CCCC(C#N)CCC(=O)NCC. The fourth-order valence-electron chi connectivity index (χ4n) is 1.21. The highest BCUT2D eigenvalue weighted by atomic mass is 16.1. The van der Waals surface area contributed by atoms with E-state index < -0.39 is 0 Å². The average Bonchev–Trinajstić information content (AvgIpc) is 2.12. The van der Waals surface area contributed by atoms with E-state index in [9.17, 15) is 4.79 Å². The predicted octanol–water partition coefficient (Wildman–Crippen LogP) is 1.84. The van der Waals surface area contributed by atoms with Crippen molar-refractivity contribution in [3.63, 3.8) is 0 Å². The highest BCUT2D eigenvalue weighted by Crippen LogP contribution is 2.11. The minimum absolute atomic E-state index is 0.0487. The minimum Gasteiger partial charge on any atom is -0.356 e. The summed E-state index contributed by atoms with van der Waals surface area (Å²) in [4.78, 5) is 11.0. The summed E-state index contributed by atoms with van der Waals surface area (Å²) in [6, 6.07) is 2.22. The maximum absolute atomic E-state index is 11.0. The van der Waals surface area contributed by atoms with Gasteiger partial charge in [0.05, 0.1) is 6.07 Å². The Morgan fingerprint density at radius 1 is 1.46 bits per heavy atom. The molecule has 1 atom stereocenters. The Kier molecular flexibility index (Phi) is 6.99. The van der Waals surface area contributed by atoms with Gasteiger partial charge in [-0.05, 0) is 19.8 Å². The van der Waals surface area contributed by atoms with E-state index in [2.05, 4.69) is 18.3 Å². The Labute approximate surface area is 80.1 Å². The van der Waals surface area contributed by atoms with Crippen molar-refractivity contribution in [2.75, 3.05) is 6.54 Å². The molecule has 13 heavy (non-hydrogen) atoms. The topological polar surface area (TPSA) is 52.9 Å². The Morgan fingerprint density at radius 3 is 2.62 bits per heavy atom. The Balaban J connectivity index is 3.60. The zero-order chi connectivity index (χ0) is 10.1. The summed E-state index contributed by atoms with van der Waals surface area (Å²) in [5, 5.41) is 11.4. The molecule has 0 aromatic heterocycles. The first-order chi connectivity index (χ1) is 6.24. The first kappa shape index (κ1) is 12.0. The lowest BCUT2D eigenvalue weighted by atomic mass is 9.99. The molecular weight excluding hydrogens is 164 g/mol. The van der Waals surface area contributed by atoms with E-state index in [0.29, 0.717) is 19.4 Å². The molecule has 0 aromatic carbocycles. The van der Waals surface area contributed by atoms with Gasteiger partial charge in [0.2, 0.25) is 5.91 Å². The van der Waals surface area contributed by atoms with Crippen molar-refractivity contribution < 1.29 is 4.79 Å². The van der Waals surface area contributed by atoms with Crippen molar-refractivity contribution in [3.05, 3.63) is 0 Å². The Bertz CT molecular complexity index is 184. The summed E-state index contributed by atoms with van der Waals surface area (Å²) in [6.07, 6.45) is 3.08. The number of rotatable bonds is 6. The van der Waals surface area contributed by atoms with Crippen LogP contribution in [-0.4, -0.2) is 12.5 Å². The second kappa shape index (κ2) is 7.60. The van der Waals surface area contributed by atoms with Crippen LogP contribution in [0.1, 0.15) is 39.5 Å². The lowest BCUT2D eigenvalue weighted by Crippen LogP contribution is -2.22. The number of nitriles is 1. The molecule has 74 valence electrons. The summed E-state index contributed by atoms with van der Waals surface area (Å²) in [6.45, 7) is 4.62. The van der Waals surface area contributed by atoms with Gasteiger partial charge in [0.1, 0.15) is 0 Å². The summed E-state index contributed by atoms with van der Waals surface area (Å²) >= 11 is 0. The van der Waals surface area contributed by atoms with Crippen LogP contribution < -0.4 is 5.32 Å². The summed E-state index contributed by atoms with van der Waals surface area (Å²) < 4.78 is 0. The number of carbonyl (C=O) groups is 1. The largest absolute Gasteiger partial charge is 0.356 e. The van der Waals surface area contributed by atoms with E-state index in [-0.39, 0.29) is 11.8 Å².